The van der Waals surface area contributed by atoms with Crippen LogP contribution in [0.1, 0.15) is 23.6 Å². The first kappa shape index (κ1) is 22.2. The van der Waals surface area contributed by atoms with Gasteiger partial charge >= 0.3 is 0 Å². The third-order valence-corrected chi connectivity index (χ3v) is 5.28. The Morgan fingerprint density at radius 1 is 0.833 bits per heavy atom. The molecule has 0 aliphatic heterocycles. The number of halogens is 3. The quantitative estimate of drug-likeness (QED) is 0.362. The molecule has 30 heavy (non-hydrogen) atoms. The minimum absolute atomic E-state index is 0.221. The van der Waals surface area contributed by atoms with Gasteiger partial charge in [-0.1, -0.05) is 40.2 Å². The molecule has 3 aromatic rings. The Bertz CT molecular complexity index is 947. The fraction of sp³-hybridized carbons (Fsp3) is 0.250. The van der Waals surface area contributed by atoms with Gasteiger partial charge in [0.25, 0.3) is 0 Å². The first-order chi connectivity index (χ1) is 14.5. The Morgan fingerprint density at radius 2 is 1.43 bits per heavy atom. The molecule has 0 fully saturated rings. The van der Waals surface area contributed by atoms with E-state index in [-0.39, 0.29) is 11.6 Å². The van der Waals surface area contributed by atoms with Crippen molar-refractivity contribution >= 4 is 15.9 Å². The third kappa shape index (κ3) is 6.54. The summed E-state index contributed by atoms with van der Waals surface area (Å²) >= 11 is 3.61. The first-order valence-corrected chi connectivity index (χ1v) is 10.6. The molecule has 0 saturated carbocycles. The van der Waals surface area contributed by atoms with Crippen molar-refractivity contribution in [1.82, 2.24) is 5.32 Å². The summed E-state index contributed by atoms with van der Waals surface area (Å²) in [6.45, 7) is 4.19. The van der Waals surface area contributed by atoms with E-state index in [1.165, 1.54) is 24.3 Å². The summed E-state index contributed by atoms with van der Waals surface area (Å²) in [5.74, 6) is 0.801. The van der Waals surface area contributed by atoms with Gasteiger partial charge in [-0.25, -0.2) is 8.78 Å². The molecule has 0 aliphatic rings. The minimum atomic E-state index is -0.271. The van der Waals surface area contributed by atoms with Crippen molar-refractivity contribution in [3.8, 4) is 11.5 Å². The second-order valence-electron chi connectivity index (χ2n) is 6.79. The molecule has 3 aromatic carbocycles. The predicted octanol–water partition coefficient (Wildman–Crippen LogP) is 6.04. The summed E-state index contributed by atoms with van der Waals surface area (Å²) in [4.78, 5) is 0. The molecular weight excluding hydrogens is 452 g/mol. The lowest BCUT2D eigenvalue weighted by atomic mass is 10.1. The molecule has 0 radical (unpaired) electrons. The average molecular weight is 476 g/mol. The molecule has 0 bridgehead atoms. The van der Waals surface area contributed by atoms with Gasteiger partial charge in [0.05, 0.1) is 6.61 Å². The summed E-state index contributed by atoms with van der Waals surface area (Å²) in [5.41, 5.74) is 3.01. The standard InChI is InChI=1S/C24H24BrF2NO2/c1-2-29-23-13-19(15-28-12-11-17-3-7-20(26)8-4-17)22(25)14-24(23)30-16-18-5-9-21(27)10-6-18/h3-10,13-14,28H,2,11-12,15-16H2,1H3. The first-order valence-electron chi connectivity index (χ1n) is 9.82. The summed E-state index contributed by atoms with van der Waals surface area (Å²) < 4.78 is 38.6. The van der Waals surface area contributed by atoms with Gasteiger partial charge in [-0.2, -0.15) is 0 Å². The van der Waals surface area contributed by atoms with E-state index in [0.29, 0.717) is 31.3 Å². The zero-order valence-corrected chi connectivity index (χ0v) is 18.3. The summed E-state index contributed by atoms with van der Waals surface area (Å²) in [5, 5.41) is 3.40. The Morgan fingerprint density at radius 3 is 2.07 bits per heavy atom. The molecule has 0 unspecified atom stereocenters. The Labute approximate surface area is 184 Å². The van der Waals surface area contributed by atoms with Crippen molar-refractivity contribution in [1.29, 1.82) is 0 Å². The lowest BCUT2D eigenvalue weighted by Gasteiger charge is -2.15. The van der Waals surface area contributed by atoms with Gasteiger partial charge in [0, 0.05) is 11.0 Å². The van der Waals surface area contributed by atoms with Crippen LogP contribution in [0.4, 0.5) is 8.78 Å². The van der Waals surface area contributed by atoms with Gasteiger partial charge in [0.1, 0.15) is 18.2 Å². The number of rotatable bonds is 10. The highest BCUT2D eigenvalue weighted by molar-refractivity contribution is 9.10. The molecule has 0 amide bonds. The topological polar surface area (TPSA) is 30.5 Å². The molecule has 3 rings (SSSR count). The normalized spacial score (nSPS) is 10.8. The van der Waals surface area contributed by atoms with Crippen LogP contribution in [-0.4, -0.2) is 13.2 Å². The number of ether oxygens (including phenoxy) is 2. The van der Waals surface area contributed by atoms with E-state index in [1.807, 2.05) is 19.1 Å². The van der Waals surface area contributed by atoms with Gasteiger partial charge in [-0.3, -0.25) is 0 Å². The highest BCUT2D eigenvalue weighted by Gasteiger charge is 2.11. The van der Waals surface area contributed by atoms with E-state index in [0.717, 1.165) is 34.1 Å². The summed E-state index contributed by atoms with van der Waals surface area (Å²) in [6.07, 6.45) is 0.815. The van der Waals surface area contributed by atoms with Crippen molar-refractivity contribution in [2.75, 3.05) is 13.2 Å². The number of nitrogens with one attached hydrogen (secondary N) is 1. The monoisotopic (exact) mass is 475 g/mol. The van der Waals surface area contributed by atoms with Crippen molar-refractivity contribution in [2.45, 2.75) is 26.5 Å². The minimum Gasteiger partial charge on any atom is -0.490 e. The van der Waals surface area contributed by atoms with Crippen LogP contribution in [0.15, 0.2) is 65.1 Å². The van der Waals surface area contributed by atoms with Crippen LogP contribution < -0.4 is 14.8 Å². The Hall–Kier alpha value is -2.44. The van der Waals surface area contributed by atoms with Gasteiger partial charge in [-0.15, -0.1) is 0 Å². The summed E-state index contributed by atoms with van der Waals surface area (Å²) in [7, 11) is 0. The molecule has 158 valence electrons. The van der Waals surface area contributed by atoms with Gasteiger partial charge in [-0.05, 0) is 73.0 Å². The number of hydrogen-bond donors (Lipinski definition) is 1. The van der Waals surface area contributed by atoms with E-state index in [4.69, 9.17) is 9.47 Å². The smallest absolute Gasteiger partial charge is 0.162 e. The van der Waals surface area contributed by atoms with Crippen LogP contribution in [0.2, 0.25) is 0 Å². The number of benzene rings is 3. The van der Waals surface area contributed by atoms with Gasteiger partial charge < -0.3 is 14.8 Å². The fourth-order valence-electron chi connectivity index (χ4n) is 2.94. The van der Waals surface area contributed by atoms with Crippen LogP contribution in [0.3, 0.4) is 0 Å². The largest absolute Gasteiger partial charge is 0.490 e. The predicted molar refractivity (Wildman–Crippen MR) is 118 cm³/mol. The molecule has 0 spiro atoms. The summed E-state index contributed by atoms with van der Waals surface area (Å²) in [6, 6.07) is 16.6. The Kier molecular flexibility index (Phi) is 8.22. The average Bonchev–Trinajstić information content (AvgIpc) is 2.74. The zero-order valence-electron chi connectivity index (χ0n) is 16.8. The third-order valence-electron chi connectivity index (χ3n) is 4.54. The maximum absolute atomic E-state index is 13.1. The van der Waals surface area contributed by atoms with Crippen LogP contribution in [0.5, 0.6) is 11.5 Å². The fourth-order valence-corrected chi connectivity index (χ4v) is 3.40. The maximum atomic E-state index is 13.1. The van der Waals surface area contributed by atoms with Gasteiger partial charge in [0.2, 0.25) is 0 Å². The van der Waals surface area contributed by atoms with Crippen molar-refractivity contribution in [2.24, 2.45) is 0 Å². The molecular formula is C24H24BrF2NO2. The number of hydrogen-bond acceptors (Lipinski definition) is 3. The highest BCUT2D eigenvalue weighted by atomic mass is 79.9. The second-order valence-corrected chi connectivity index (χ2v) is 7.65. The highest BCUT2D eigenvalue weighted by Crippen LogP contribution is 2.34. The molecule has 0 saturated heterocycles. The maximum Gasteiger partial charge on any atom is 0.162 e. The second kappa shape index (κ2) is 11.1. The van der Waals surface area contributed by atoms with E-state index in [2.05, 4.69) is 21.2 Å². The van der Waals surface area contributed by atoms with E-state index < -0.39 is 0 Å². The molecule has 3 nitrogen and oxygen atoms in total. The lowest BCUT2D eigenvalue weighted by Crippen LogP contribution is -2.17. The molecule has 0 aliphatic carbocycles. The SMILES string of the molecule is CCOc1cc(CNCCc2ccc(F)cc2)c(Br)cc1OCc1ccc(F)cc1. The van der Waals surface area contributed by atoms with Crippen LogP contribution in [0.25, 0.3) is 0 Å². The molecule has 1 N–H and O–H groups in total. The lowest BCUT2D eigenvalue weighted by molar-refractivity contribution is 0.268. The Balaban J connectivity index is 1.60. The molecule has 6 heteroatoms. The van der Waals surface area contributed by atoms with Crippen LogP contribution in [0, 0.1) is 11.6 Å². The van der Waals surface area contributed by atoms with E-state index in [9.17, 15) is 8.78 Å². The molecule has 0 heterocycles. The van der Waals surface area contributed by atoms with Crippen molar-refractivity contribution < 1.29 is 18.3 Å². The van der Waals surface area contributed by atoms with Crippen molar-refractivity contribution in [3.63, 3.8) is 0 Å². The molecule has 0 aromatic heterocycles. The van der Waals surface area contributed by atoms with Crippen LogP contribution in [-0.2, 0) is 19.6 Å². The van der Waals surface area contributed by atoms with E-state index in [1.54, 1.807) is 24.3 Å². The van der Waals surface area contributed by atoms with E-state index >= 15 is 0 Å². The molecule has 0 atom stereocenters. The zero-order chi connectivity index (χ0) is 21.3. The van der Waals surface area contributed by atoms with Gasteiger partial charge in [0.15, 0.2) is 11.5 Å². The van der Waals surface area contributed by atoms with Crippen LogP contribution >= 0.6 is 15.9 Å². The van der Waals surface area contributed by atoms with Crippen molar-refractivity contribution in [3.05, 3.63) is 93.5 Å².